The topological polar surface area (TPSA) is 54.9 Å². The van der Waals surface area contributed by atoms with Crippen molar-refractivity contribution in [1.82, 2.24) is 9.97 Å². The molecule has 0 spiro atoms. The molecule has 0 aliphatic rings. The van der Waals surface area contributed by atoms with Crippen molar-refractivity contribution in [3.05, 3.63) is 71.5 Å². The highest BCUT2D eigenvalue weighted by atomic mass is 32.2. The summed E-state index contributed by atoms with van der Waals surface area (Å²) in [5.74, 6) is 0.698. The van der Waals surface area contributed by atoms with Gasteiger partial charge in [0, 0.05) is 11.3 Å². The highest BCUT2D eigenvalue weighted by Crippen LogP contribution is 2.28. The summed E-state index contributed by atoms with van der Waals surface area (Å²) >= 11 is 1.48. The number of aromatic nitrogens is 2. The molecule has 0 aliphatic heterocycles. The Labute approximate surface area is 170 Å². The van der Waals surface area contributed by atoms with Gasteiger partial charge in [-0.15, -0.1) is 0 Å². The quantitative estimate of drug-likeness (QED) is 0.440. The number of benzene rings is 2. The van der Waals surface area contributed by atoms with E-state index in [4.69, 9.17) is 0 Å². The van der Waals surface area contributed by atoms with Crippen LogP contribution in [0.5, 0.6) is 0 Å². The fourth-order valence-corrected chi connectivity index (χ4v) is 4.08. The van der Waals surface area contributed by atoms with E-state index in [9.17, 15) is 4.79 Å². The molecular formula is C23H25N3OS. The summed E-state index contributed by atoms with van der Waals surface area (Å²) in [6.45, 7) is 7.96. The van der Waals surface area contributed by atoms with E-state index >= 15 is 0 Å². The van der Waals surface area contributed by atoms with E-state index in [0.717, 1.165) is 33.1 Å². The molecule has 0 bridgehead atoms. The predicted molar refractivity (Wildman–Crippen MR) is 117 cm³/mol. The minimum absolute atomic E-state index is 0.00461. The molecule has 1 heterocycles. The summed E-state index contributed by atoms with van der Waals surface area (Å²) in [5, 5.41) is 3.64. The second-order valence-electron chi connectivity index (χ2n) is 6.89. The molecule has 144 valence electrons. The lowest BCUT2D eigenvalue weighted by molar-refractivity contribution is -0.115. The zero-order valence-electron chi connectivity index (χ0n) is 16.7. The molecule has 4 nitrogen and oxygen atoms in total. The van der Waals surface area contributed by atoms with Gasteiger partial charge in [0.25, 0.3) is 0 Å². The third-order valence-corrected chi connectivity index (χ3v) is 5.58. The standard InChI is InChI=1S/C23H25N3OS/c1-5-21(23(27)26-19-12-15(2)11-16(3)13-19)28-22-14-20(24-17(4)25-22)18-9-7-6-8-10-18/h6-14,21H,5H2,1-4H3,(H,26,27). The third-order valence-electron chi connectivity index (χ3n) is 4.30. The maximum atomic E-state index is 12.8. The zero-order chi connectivity index (χ0) is 20.1. The van der Waals surface area contributed by atoms with Gasteiger partial charge in [-0.3, -0.25) is 4.79 Å². The number of carbonyl (C=O) groups is 1. The Morgan fingerprint density at radius 3 is 2.32 bits per heavy atom. The Balaban J connectivity index is 1.78. The highest BCUT2D eigenvalue weighted by Gasteiger charge is 2.20. The van der Waals surface area contributed by atoms with Gasteiger partial charge in [-0.25, -0.2) is 9.97 Å². The number of amides is 1. The normalized spacial score (nSPS) is 11.9. The zero-order valence-corrected chi connectivity index (χ0v) is 17.5. The Hall–Kier alpha value is -2.66. The fraction of sp³-hybridized carbons (Fsp3) is 0.261. The second-order valence-corrected chi connectivity index (χ2v) is 8.11. The summed E-state index contributed by atoms with van der Waals surface area (Å²) in [4.78, 5) is 21.9. The maximum Gasteiger partial charge on any atom is 0.237 e. The maximum absolute atomic E-state index is 12.8. The molecule has 0 saturated heterocycles. The van der Waals surface area contributed by atoms with E-state index in [1.807, 2.05) is 76.2 Å². The number of aryl methyl sites for hydroxylation is 3. The molecule has 1 unspecified atom stereocenters. The van der Waals surface area contributed by atoms with Crippen LogP contribution >= 0.6 is 11.8 Å². The van der Waals surface area contributed by atoms with E-state index < -0.39 is 0 Å². The minimum Gasteiger partial charge on any atom is -0.325 e. The lowest BCUT2D eigenvalue weighted by Gasteiger charge is -2.16. The van der Waals surface area contributed by atoms with Crippen molar-refractivity contribution in [3.8, 4) is 11.3 Å². The van der Waals surface area contributed by atoms with E-state index in [1.165, 1.54) is 11.8 Å². The SMILES string of the molecule is CCC(Sc1cc(-c2ccccc2)nc(C)n1)C(=O)Nc1cc(C)cc(C)c1. The van der Waals surface area contributed by atoms with Crippen molar-refractivity contribution in [1.29, 1.82) is 0 Å². The van der Waals surface area contributed by atoms with E-state index in [2.05, 4.69) is 21.4 Å². The first-order valence-electron chi connectivity index (χ1n) is 9.41. The largest absolute Gasteiger partial charge is 0.325 e. The van der Waals surface area contributed by atoms with Crippen molar-refractivity contribution in [2.24, 2.45) is 0 Å². The second kappa shape index (κ2) is 9.02. The van der Waals surface area contributed by atoms with Crippen LogP contribution in [0, 0.1) is 20.8 Å². The highest BCUT2D eigenvalue weighted by molar-refractivity contribution is 8.00. The Bertz CT molecular complexity index is 953. The number of rotatable bonds is 6. The van der Waals surface area contributed by atoms with Crippen LogP contribution in [0.3, 0.4) is 0 Å². The number of nitrogens with one attached hydrogen (secondary N) is 1. The van der Waals surface area contributed by atoms with E-state index in [-0.39, 0.29) is 11.2 Å². The Morgan fingerprint density at radius 2 is 1.68 bits per heavy atom. The van der Waals surface area contributed by atoms with Gasteiger partial charge in [0.2, 0.25) is 5.91 Å². The van der Waals surface area contributed by atoms with Crippen LogP contribution in [0.25, 0.3) is 11.3 Å². The van der Waals surface area contributed by atoms with Gasteiger partial charge >= 0.3 is 0 Å². The van der Waals surface area contributed by atoms with Gasteiger partial charge in [-0.2, -0.15) is 0 Å². The molecule has 1 atom stereocenters. The van der Waals surface area contributed by atoms with Crippen molar-refractivity contribution in [2.75, 3.05) is 5.32 Å². The van der Waals surface area contributed by atoms with Crippen LogP contribution in [0.15, 0.2) is 59.6 Å². The molecule has 0 fully saturated rings. The molecular weight excluding hydrogens is 366 g/mol. The van der Waals surface area contributed by atoms with Gasteiger partial charge in [-0.05, 0) is 56.5 Å². The number of thioether (sulfide) groups is 1. The van der Waals surface area contributed by atoms with Crippen LogP contribution in [0.4, 0.5) is 5.69 Å². The van der Waals surface area contributed by atoms with E-state index in [0.29, 0.717) is 12.2 Å². The summed E-state index contributed by atoms with van der Waals surface area (Å²) in [7, 11) is 0. The van der Waals surface area contributed by atoms with Crippen LogP contribution in [0.1, 0.15) is 30.3 Å². The van der Waals surface area contributed by atoms with Crippen molar-refractivity contribution < 1.29 is 4.79 Å². The summed E-state index contributed by atoms with van der Waals surface area (Å²) in [6.07, 6.45) is 0.713. The number of hydrogen-bond donors (Lipinski definition) is 1. The minimum atomic E-state index is -0.223. The molecule has 28 heavy (non-hydrogen) atoms. The van der Waals surface area contributed by atoms with Crippen LogP contribution in [-0.4, -0.2) is 21.1 Å². The van der Waals surface area contributed by atoms with Crippen molar-refractivity contribution in [2.45, 2.75) is 44.4 Å². The molecule has 2 aromatic carbocycles. The van der Waals surface area contributed by atoms with E-state index in [1.54, 1.807) is 0 Å². The molecule has 0 radical (unpaired) electrons. The van der Waals surface area contributed by atoms with Crippen LogP contribution < -0.4 is 5.32 Å². The van der Waals surface area contributed by atoms with Crippen LogP contribution in [0.2, 0.25) is 0 Å². The van der Waals surface area contributed by atoms with Crippen molar-refractivity contribution >= 4 is 23.4 Å². The van der Waals surface area contributed by atoms with Gasteiger partial charge in [-0.1, -0.05) is 55.1 Å². The molecule has 3 rings (SSSR count). The summed E-state index contributed by atoms with van der Waals surface area (Å²) in [5.41, 5.74) is 5.03. The number of nitrogens with zero attached hydrogens (tertiary/aromatic N) is 2. The molecule has 5 heteroatoms. The molecule has 1 amide bonds. The average molecular weight is 392 g/mol. The van der Waals surface area contributed by atoms with Crippen LogP contribution in [-0.2, 0) is 4.79 Å². The van der Waals surface area contributed by atoms with Gasteiger partial charge in [0.05, 0.1) is 10.9 Å². The van der Waals surface area contributed by atoms with Gasteiger partial charge < -0.3 is 5.32 Å². The lowest BCUT2D eigenvalue weighted by atomic mass is 10.1. The first-order valence-corrected chi connectivity index (χ1v) is 10.3. The first kappa shape index (κ1) is 20.1. The monoisotopic (exact) mass is 391 g/mol. The predicted octanol–water partition coefficient (Wildman–Crippen LogP) is 5.58. The van der Waals surface area contributed by atoms with Gasteiger partial charge in [0.15, 0.2) is 0 Å². The molecule has 1 N–H and O–H groups in total. The van der Waals surface area contributed by atoms with Crippen molar-refractivity contribution in [3.63, 3.8) is 0 Å². The first-order chi connectivity index (χ1) is 13.4. The average Bonchev–Trinajstić information content (AvgIpc) is 2.65. The summed E-state index contributed by atoms with van der Waals surface area (Å²) < 4.78 is 0. The molecule has 1 aromatic heterocycles. The molecule has 0 saturated carbocycles. The fourth-order valence-electron chi connectivity index (χ4n) is 3.10. The molecule has 0 aliphatic carbocycles. The van der Waals surface area contributed by atoms with Gasteiger partial charge in [0.1, 0.15) is 10.9 Å². The third kappa shape index (κ3) is 5.20. The summed E-state index contributed by atoms with van der Waals surface area (Å²) in [6, 6.07) is 18.1. The number of anilines is 1. The number of carbonyl (C=O) groups excluding carboxylic acids is 1. The Kier molecular flexibility index (Phi) is 6.47. The number of hydrogen-bond acceptors (Lipinski definition) is 4. The molecule has 3 aromatic rings. The lowest BCUT2D eigenvalue weighted by Crippen LogP contribution is -2.24. The Morgan fingerprint density at radius 1 is 1.00 bits per heavy atom. The smallest absolute Gasteiger partial charge is 0.237 e.